The predicted molar refractivity (Wildman–Crippen MR) is 129 cm³/mol. The maximum atomic E-state index is 13.7. The van der Waals surface area contributed by atoms with Gasteiger partial charge < -0.3 is 4.90 Å². The minimum atomic E-state index is -3.61. The molecule has 4 heterocycles. The molecule has 1 aromatic carbocycles. The molecule has 32 heavy (non-hydrogen) atoms. The first-order valence-corrected chi connectivity index (χ1v) is 14.2. The molecule has 1 atom stereocenters. The third kappa shape index (κ3) is 3.83. The Balaban J connectivity index is 1.51. The van der Waals surface area contributed by atoms with Crippen molar-refractivity contribution in [3.05, 3.63) is 73.6 Å². The van der Waals surface area contributed by atoms with Crippen LogP contribution in [0.5, 0.6) is 0 Å². The molecule has 1 saturated heterocycles. The van der Waals surface area contributed by atoms with Crippen LogP contribution >= 0.6 is 22.7 Å². The summed E-state index contributed by atoms with van der Waals surface area (Å²) in [5.74, 6) is -0.115. The zero-order valence-corrected chi connectivity index (χ0v) is 20.4. The normalized spacial score (nSPS) is 19.7. The van der Waals surface area contributed by atoms with Crippen LogP contribution in [0.1, 0.15) is 56.5 Å². The number of nitrogens with zero attached hydrogens (tertiary/aromatic N) is 2. The molecule has 0 bridgehead atoms. The molecule has 2 aromatic heterocycles. The van der Waals surface area contributed by atoms with Gasteiger partial charge in [0.2, 0.25) is 10.0 Å². The molecule has 1 amide bonds. The summed E-state index contributed by atoms with van der Waals surface area (Å²) in [6.07, 6.45) is 3.66. The number of aryl methyl sites for hydroxylation is 1. The van der Waals surface area contributed by atoms with Crippen molar-refractivity contribution < 1.29 is 13.2 Å². The van der Waals surface area contributed by atoms with Crippen molar-refractivity contribution >= 4 is 38.6 Å². The summed E-state index contributed by atoms with van der Waals surface area (Å²) in [6, 6.07) is 11.2. The highest BCUT2D eigenvalue weighted by Crippen LogP contribution is 2.40. The number of thiophene rings is 2. The Morgan fingerprint density at radius 2 is 1.81 bits per heavy atom. The topological polar surface area (TPSA) is 57.7 Å². The minimum Gasteiger partial charge on any atom is -0.326 e. The van der Waals surface area contributed by atoms with E-state index in [2.05, 4.69) is 17.5 Å². The number of carbonyl (C=O) groups excluding carboxylic acids is 1. The molecule has 1 fully saturated rings. The van der Waals surface area contributed by atoms with E-state index in [-0.39, 0.29) is 16.8 Å². The van der Waals surface area contributed by atoms with Crippen LogP contribution in [0.25, 0.3) is 0 Å². The Hall–Kier alpha value is -2.00. The highest BCUT2D eigenvalue weighted by molar-refractivity contribution is 7.89. The van der Waals surface area contributed by atoms with Crippen molar-refractivity contribution in [1.29, 1.82) is 0 Å². The van der Waals surface area contributed by atoms with Crippen LogP contribution in [0, 0.1) is 6.92 Å². The maximum absolute atomic E-state index is 13.7. The van der Waals surface area contributed by atoms with Gasteiger partial charge in [0.15, 0.2) is 0 Å². The first-order valence-electron chi connectivity index (χ1n) is 11.0. The Kier molecular flexibility index (Phi) is 5.96. The Bertz CT molecular complexity index is 1230. The number of benzene rings is 1. The number of rotatable bonds is 4. The van der Waals surface area contributed by atoms with E-state index in [9.17, 15) is 13.2 Å². The molecular formula is C24H26N2O3S3. The van der Waals surface area contributed by atoms with Gasteiger partial charge in [0.05, 0.1) is 10.9 Å². The van der Waals surface area contributed by atoms with Crippen LogP contribution in [0.15, 0.2) is 52.1 Å². The lowest BCUT2D eigenvalue weighted by Gasteiger charge is -2.35. The highest BCUT2D eigenvalue weighted by atomic mass is 32.2. The maximum Gasteiger partial charge on any atom is 0.254 e. The van der Waals surface area contributed by atoms with Crippen LogP contribution in [0.4, 0.5) is 0 Å². The average molecular weight is 487 g/mol. The molecule has 2 aliphatic heterocycles. The highest BCUT2D eigenvalue weighted by Gasteiger charge is 2.35. The van der Waals surface area contributed by atoms with E-state index in [1.165, 1.54) is 10.4 Å². The summed E-state index contributed by atoms with van der Waals surface area (Å²) in [6.45, 7) is 3.52. The van der Waals surface area contributed by atoms with E-state index in [4.69, 9.17) is 0 Å². The summed E-state index contributed by atoms with van der Waals surface area (Å²) in [7, 11) is -3.61. The molecule has 8 heteroatoms. The largest absolute Gasteiger partial charge is 0.326 e. The van der Waals surface area contributed by atoms with Gasteiger partial charge >= 0.3 is 0 Å². The number of carbonyl (C=O) groups is 1. The van der Waals surface area contributed by atoms with Gasteiger partial charge in [-0.05, 0) is 72.3 Å². The smallest absolute Gasteiger partial charge is 0.254 e. The van der Waals surface area contributed by atoms with Gasteiger partial charge in [-0.25, -0.2) is 8.42 Å². The van der Waals surface area contributed by atoms with Crippen LogP contribution in [-0.4, -0.2) is 43.2 Å². The zero-order chi connectivity index (χ0) is 22.3. The summed E-state index contributed by atoms with van der Waals surface area (Å²) in [5.41, 5.74) is 2.30. The monoisotopic (exact) mass is 486 g/mol. The van der Waals surface area contributed by atoms with Gasteiger partial charge in [-0.15, -0.1) is 22.7 Å². The molecule has 0 aliphatic carbocycles. The Morgan fingerprint density at radius 1 is 1.00 bits per heavy atom. The second kappa shape index (κ2) is 8.74. The van der Waals surface area contributed by atoms with Gasteiger partial charge in [-0.2, -0.15) is 4.31 Å². The number of amides is 1. The fourth-order valence-corrected chi connectivity index (χ4v) is 8.24. The summed E-state index contributed by atoms with van der Waals surface area (Å²) >= 11 is 3.39. The molecule has 0 spiro atoms. The van der Waals surface area contributed by atoms with E-state index in [0.29, 0.717) is 30.8 Å². The lowest BCUT2D eigenvalue weighted by atomic mass is 9.97. The predicted octanol–water partition coefficient (Wildman–Crippen LogP) is 5.08. The van der Waals surface area contributed by atoms with Crippen LogP contribution in [0.3, 0.4) is 0 Å². The molecule has 168 valence electrons. The zero-order valence-electron chi connectivity index (χ0n) is 18.0. The molecule has 3 aromatic rings. The first kappa shape index (κ1) is 21.8. The van der Waals surface area contributed by atoms with Crippen molar-refractivity contribution in [2.45, 2.75) is 43.5 Å². The van der Waals surface area contributed by atoms with Crippen LogP contribution in [0.2, 0.25) is 0 Å². The van der Waals surface area contributed by atoms with Crippen molar-refractivity contribution in [3.63, 3.8) is 0 Å². The standard InChI is InChI=1S/C24H26N2O3S3/c1-17-7-8-18(16-22(17)32(28,29)25-11-3-2-4-12-25)24(27)26-13-9-20-19(10-15-31-20)23(26)21-6-5-14-30-21/h5-8,10,14-16,23H,2-4,9,11-13H2,1H3. The van der Waals surface area contributed by atoms with Crippen LogP contribution < -0.4 is 0 Å². The van der Waals surface area contributed by atoms with Crippen molar-refractivity contribution in [1.82, 2.24) is 9.21 Å². The second-order valence-corrected chi connectivity index (χ2v) is 12.3. The lowest BCUT2D eigenvalue weighted by Crippen LogP contribution is -2.40. The first-order chi connectivity index (χ1) is 15.5. The van der Waals surface area contributed by atoms with Gasteiger partial charge in [0.25, 0.3) is 5.91 Å². The van der Waals surface area contributed by atoms with Crippen LogP contribution in [-0.2, 0) is 16.4 Å². The van der Waals surface area contributed by atoms with E-state index in [1.54, 1.807) is 52.1 Å². The van der Waals surface area contributed by atoms with E-state index in [0.717, 1.165) is 30.6 Å². The van der Waals surface area contributed by atoms with Crippen molar-refractivity contribution in [2.75, 3.05) is 19.6 Å². The summed E-state index contributed by atoms with van der Waals surface area (Å²) in [4.78, 5) is 18.3. The van der Waals surface area contributed by atoms with Crippen molar-refractivity contribution in [2.24, 2.45) is 0 Å². The number of piperidine rings is 1. The van der Waals surface area contributed by atoms with Crippen molar-refractivity contribution in [3.8, 4) is 0 Å². The van der Waals surface area contributed by atoms with Gasteiger partial charge in [-0.1, -0.05) is 18.6 Å². The van der Waals surface area contributed by atoms with Gasteiger partial charge in [0.1, 0.15) is 0 Å². The lowest BCUT2D eigenvalue weighted by molar-refractivity contribution is 0.0698. The molecule has 5 rings (SSSR count). The molecule has 5 nitrogen and oxygen atoms in total. The quantitative estimate of drug-likeness (QED) is 0.517. The third-order valence-electron chi connectivity index (χ3n) is 6.41. The molecule has 0 saturated carbocycles. The molecule has 1 unspecified atom stereocenters. The average Bonchev–Trinajstić information content (AvgIpc) is 3.51. The molecular weight excluding hydrogens is 460 g/mol. The fraction of sp³-hybridized carbons (Fsp3) is 0.375. The second-order valence-electron chi connectivity index (χ2n) is 8.41. The number of sulfonamides is 1. The molecule has 0 N–H and O–H groups in total. The number of hydrogen-bond acceptors (Lipinski definition) is 5. The Morgan fingerprint density at radius 3 is 2.56 bits per heavy atom. The number of fused-ring (bicyclic) bond motifs is 1. The summed E-state index contributed by atoms with van der Waals surface area (Å²) in [5, 5.41) is 4.13. The number of hydrogen-bond donors (Lipinski definition) is 0. The molecule has 2 aliphatic rings. The van der Waals surface area contributed by atoms with Gasteiger partial charge in [-0.3, -0.25) is 4.79 Å². The molecule has 0 radical (unpaired) electrons. The minimum absolute atomic E-state index is 0.115. The van der Waals surface area contributed by atoms with E-state index >= 15 is 0 Å². The van der Waals surface area contributed by atoms with Gasteiger partial charge in [0, 0.05) is 35.0 Å². The summed E-state index contributed by atoms with van der Waals surface area (Å²) < 4.78 is 28.3. The fourth-order valence-electron chi connectivity index (χ4n) is 4.71. The van der Waals surface area contributed by atoms with E-state index < -0.39 is 10.0 Å². The SMILES string of the molecule is Cc1ccc(C(=O)N2CCc3sccc3C2c2cccs2)cc1S(=O)(=O)N1CCCCC1. The Labute approximate surface area is 197 Å². The van der Waals surface area contributed by atoms with E-state index in [1.807, 2.05) is 16.3 Å². The third-order valence-corrected chi connectivity index (χ3v) is 10.4.